The molecule has 29 heavy (non-hydrogen) atoms. The Morgan fingerprint density at radius 2 is 1.93 bits per heavy atom. The second kappa shape index (κ2) is 8.76. The predicted molar refractivity (Wildman–Crippen MR) is 110 cm³/mol. The van der Waals surface area contributed by atoms with Crippen LogP contribution in [-0.4, -0.2) is 32.5 Å². The number of furan rings is 1. The number of hydrogen-bond donors (Lipinski definition) is 2. The first-order valence-electron chi connectivity index (χ1n) is 8.77. The molecule has 0 radical (unpaired) electrons. The van der Waals surface area contributed by atoms with Crippen LogP contribution < -0.4 is 14.8 Å². The molecular weight excluding hydrogens is 414 g/mol. The van der Waals surface area contributed by atoms with Crippen LogP contribution in [0.2, 0.25) is 0 Å². The zero-order valence-electron chi connectivity index (χ0n) is 16.1. The van der Waals surface area contributed by atoms with Gasteiger partial charge in [0.1, 0.15) is 17.5 Å². The summed E-state index contributed by atoms with van der Waals surface area (Å²) in [6, 6.07) is 8.48. The summed E-state index contributed by atoms with van der Waals surface area (Å²) < 4.78 is 38.2. The zero-order valence-corrected chi connectivity index (χ0v) is 17.7. The van der Waals surface area contributed by atoms with E-state index in [0.717, 1.165) is 0 Å². The summed E-state index contributed by atoms with van der Waals surface area (Å²) in [5.41, 5.74) is 0.593. The van der Waals surface area contributed by atoms with Gasteiger partial charge in [-0.1, -0.05) is 13.8 Å². The number of nitrogens with one attached hydrogen (secondary N) is 2. The van der Waals surface area contributed by atoms with Gasteiger partial charge in [0.25, 0.3) is 0 Å². The van der Waals surface area contributed by atoms with Crippen LogP contribution in [-0.2, 0) is 14.8 Å². The molecule has 0 aliphatic rings. The van der Waals surface area contributed by atoms with Crippen LogP contribution >= 0.6 is 11.3 Å². The molecule has 3 rings (SSSR count). The van der Waals surface area contributed by atoms with Crippen LogP contribution in [0.1, 0.15) is 13.8 Å². The van der Waals surface area contributed by atoms with Gasteiger partial charge in [0.05, 0.1) is 18.3 Å². The number of benzene rings is 1. The van der Waals surface area contributed by atoms with E-state index in [1.54, 1.807) is 43.5 Å². The van der Waals surface area contributed by atoms with Crippen LogP contribution in [0.25, 0.3) is 11.5 Å². The first-order valence-corrected chi connectivity index (χ1v) is 11.1. The zero-order chi connectivity index (χ0) is 21.0. The Hall–Kier alpha value is -2.69. The Labute approximate surface area is 173 Å². The van der Waals surface area contributed by atoms with Crippen molar-refractivity contribution in [3.05, 3.63) is 48.0 Å². The van der Waals surface area contributed by atoms with E-state index in [2.05, 4.69) is 15.0 Å². The molecule has 0 unspecified atom stereocenters. The molecule has 0 aliphatic heterocycles. The van der Waals surface area contributed by atoms with Crippen molar-refractivity contribution in [1.29, 1.82) is 0 Å². The van der Waals surface area contributed by atoms with Gasteiger partial charge in [-0.15, -0.1) is 11.3 Å². The molecule has 0 aliphatic carbocycles. The largest absolute Gasteiger partial charge is 0.497 e. The molecule has 8 nitrogen and oxygen atoms in total. The van der Waals surface area contributed by atoms with Crippen LogP contribution in [0.4, 0.5) is 5.13 Å². The third-order valence-corrected chi connectivity index (χ3v) is 6.32. The molecule has 1 aromatic carbocycles. The van der Waals surface area contributed by atoms with Crippen LogP contribution in [0.3, 0.4) is 0 Å². The Morgan fingerprint density at radius 1 is 1.21 bits per heavy atom. The molecule has 2 aromatic heterocycles. The Balaban J connectivity index is 1.74. The number of carbonyl (C=O) groups is 1. The van der Waals surface area contributed by atoms with Crippen molar-refractivity contribution in [2.24, 2.45) is 5.92 Å². The Morgan fingerprint density at radius 3 is 2.52 bits per heavy atom. The summed E-state index contributed by atoms with van der Waals surface area (Å²) in [6.45, 7) is 3.52. The number of carbonyl (C=O) groups excluding carboxylic acids is 1. The smallest absolute Gasteiger partial charge is 0.244 e. The minimum atomic E-state index is -3.90. The summed E-state index contributed by atoms with van der Waals surface area (Å²) in [5, 5.41) is 4.79. The van der Waals surface area contributed by atoms with Gasteiger partial charge in [0.2, 0.25) is 15.9 Å². The Bertz CT molecular complexity index is 1060. The van der Waals surface area contributed by atoms with Crippen LogP contribution in [0.15, 0.2) is 57.4 Å². The number of methoxy groups -OCH3 is 1. The molecule has 2 N–H and O–H groups in total. The third-order valence-electron chi connectivity index (χ3n) is 4.11. The summed E-state index contributed by atoms with van der Waals surface area (Å²) >= 11 is 1.23. The van der Waals surface area contributed by atoms with Gasteiger partial charge < -0.3 is 14.5 Å². The highest BCUT2D eigenvalue weighted by molar-refractivity contribution is 7.89. The van der Waals surface area contributed by atoms with Crippen molar-refractivity contribution in [3.63, 3.8) is 0 Å². The van der Waals surface area contributed by atoms with Crippen molar-refractivity contribution in [3.8, 4) is 17.2 Å². The third kappa shape index (κ3) is 5.03. The van der Waals surface area contributed by atoms with Gasteiger partial charge in [-0.25, -0.2) is 13.4 Å². The van der Waals surface area contributed by atoms with Gasteiger partial charge in [0, 0.05) is 5.38 Å². The molecule has 2 heterocycles. The van der Waals surface area contributed by atoms with E-state index in [9.17, 15) is 13.2 Å². The average Bonchev–Trinajstić information content (AvgIpc) is 3.37. The van der Waals surface area contributed by atoms with Crippen LogP contribution in [0.5, 0.6) is 5.75 Å². The lowest BCUT2D eigenvalue weighted by Crippen LogP contribution is -2.47. The minimum Gasteiger partial charge on any atom is -0.497 e. The quantitative estimate of drug-likeness (QED) is 0.561. The lowest BCUT2D eigenvalue weighted by Gasteiger charge is -2.21. The topological polar surface area (TPSA) is 111 Å². The number of rotatable bonds is 8. The monoisotopic (exact) mass is 435 g/mol. The second-order valence-electron chi connectivity index (χ2n) is 6.52. The standard InChI is InChI=1S/C19H21N3O5S2/c1-12(2)17(22-29(24,25)14-8-6-13(26-3)7-9-14)18(23)21-19-20-15(11-28-19)16-5-4-10-27-16/h4-12,17,22H,1-3H3,(H,20,21,23)/t17-/m0/s1. The van der Waals surface area contributed by atoms with E-state index in [1.807, 2.05) is 0 Å². The highest BCUT2D eigenvalue weighted by Crippen LogP contribution is 2.25. The maximum atomic E-state index is 12.7. The highest BCUT2D eigenvalue weighted by atomic mass is 32.2. The van der Waals surface area contributed by atoms with Gasteiger partial charge in [-0.3, -0.25) is 4.79 Å². The predicted octanol–water partition coefficient (Wildman–Crippen LogP) is 3.35. The second-order valence-corrected chi connectivity index (χ2v) is 9.10. The van der Waals surface area contributed by atoms with Crippen molar-refractivity contribution in [2.75, 3.05) is 12.4 Å². The fourth-order valence-electron chi connectivity index (χ4n) is 2.53. The fourth-order valence-corrected chi connectivity index (χ4v) is 4.58. The molecule has 0 spiro atoms. The molecule has 0 fully saturated rings. The van der Waals surface area contributed by atoms with Gasteiger partial charge >= 0.3 is 0 Å². The SMILES string of the molecule is COc1ccc(S(=O)(=O)N[C@H](C(=O)Nc2nc(-c3ccco3)cs2)C(C)C)cc1. The van der Waals surface area contributed by atoms with Crippen molar-refractivity contribution in [2.45, 2.75) is 24.8 Å². The van der Waals surface area contributed by atoms with E-state index < -0.39 is 22.0 Å². The number of ether oxygens (including phenoxy) is 1. The lowest BCUT2D eigenvalue weighted by molar-refractivity contribution is -0.118. The molecule has 1 amide bonds. The van der Waals surface area contributed by atoms with Crippen molar-refractivity contribution in [1.82, 2.24) is 9.71 Å². The highest BCUT2D eigenvalue weighted by Gasteiger charge is 2.29. The number of amides is 1. The number of sulfonamides is 1. The summed E-state index contributed by atoms with van der Waals surface area (Å²) in [7, 11) is -2.40. The number of anilines is 1. The molecule has 10 heteroatoms. The number of nitrogens with zero attached hydrogens (tertiary/aromatic N) is 1. The van der Waals surface area contributed by atoms with Gasteiger partial charge in [0.15, 0.2) is 10.9 Å². The molecule has 154 valence electrons. The van der Waals surface area contributed by atoms with Gasteiger partial charge in [-0.05, 0) is 42.3 Å². The maximum absolute atomic E-state index is 12.7. The van der Waals surface area contributed by atoms with E-state index in [4.69, 9.17) is 9.15 Å². The molecule has 3 aromatic rings. The number of aromatic nitrogens is 1. The van der Waals surface area contributed by atoms with E-state index >= 15 is 0 Å². The number of thiazole rings is 1. The van der Waals surface area contributed by atoms with E-state index in [1.165, 1.54) is 36.8 Å². The van der Waals surface area contributed by atoms with Crippen molar-refractivity contribution < 1.29 is 22.4 Å². The maximum Gasteiger partial charge on any atom is 0.244 e. The lowest BCUT2D eigenvalue weighted by atomic mass is 10.1. The summed E-state index contributed by atoms with van der Waals surface area (Å²) in [4.78, 5) is 17.1. The molecule has 0 saturated heterocycles. The minimum absolute atomic E-state index is 0.0473. The first-order chi connectivity index (χ1) is 13.8. The molecule has 0 bridgehead atoms. The average molecular weight is 436 g/mol. The normalized spacial score (nSPS) is 12.7. The fraction of sp³-hybridized carbons (Fsp3) is 0.263. The molecule has 1 atom stereocenters. The number of hydrogen-bond acceptors (Lipinski definition) is 7. The van der Waals surface area contributed by atoms with E-state index in [-0.39, 0.29) is 10.8 Å². The Kier molecular flexibility index (Phi) is 6.36. The molecular formula is C19H21N3O5S2. The van der Waals surface area contributed by atoms with Crippen LogP contribution in [0, 0.1) is 5.92 Å². The van der Waals surface area contributed by atoms with Crippen molar-refractivity contribution >= 4 is 32.4 Å². The molecule has 0 saturated carbocycles. The summed E-state index contributed by atoms with van der Waals surface area (Å²) in [5.74, 6) is 0.352. The van der Waals surface area contributed by atoms with E-state index in [0.29, 0.717) is 22.3 Å². The summed E-state index contributed by atoms with van der Waals surface area (Å²) in [6.07, 6.45) is 1.54. The first kappa shape index (κ1) is 21.0. The van der Waals surface area contributed by atoms with Gasteiger partial charge in [-0.2, -0.15) is 4.72 Å².